The monoisotopic (exact) mass is 483 g/mol. The maximum atomic E-state index is 13.2. The zero-order valence-corrected chi connectivity index (χ0v) is 18.4. The normalized spacial score (nSPS) is 11.4. The third kappa shape index (κ3) is 6.47. The first-order valence-electron chi connectivity index (χ1n) is 10.3. The number of benzene rings is 2. The summed E-state index contributed by atoms with van der Waals surface area (Å²) in [6.07, 6.45) is -1.91. The molecule has 0 radical (unpaired) electrons. The molecule has 0 saturated heterocycles. The Bertz CT molecular complexity index is 1280. The van der Waals surface area contributed by atoms with E-state index in [4.69, 9.17) is 9.15 Å². The van der Waals surface area contributed by atoms with Crippen molar-refractivity contribution in [2.24, 2.45) is 5.10 Å². The number of aromatic nitrogens is 3. The van der Waals surface area contributed by atoms with Crippen molar-refractivity contribution in [2.45, 2.75) is 12.7 Å². The number of hydrogen-bond donors (Lipinski definition) is 3. The molecule has 0 spiro atoms. The predicted molar refractivity (Wildman–Crippen MR) is 125 cm³/mol. The van der Waals surface area contributed by atoms with Crippen LogP contribution in [0, 0.1) is 0 Å². The lowest BCUT2D eigenvalue weighted by Crippen LogP contribution is -2.10. The fraction of sp³-hybridized carbons (Fsp3) is 0.130. The van der Waals surface area contributed by atoms with Crippen molar-refractivity contribution in [2.75, 3.05) is 23.2 Å². The number of nitrogens with one attached hydrogen (secondary N) is 3. The fourth-order valence-electron chi connectivity index (χ4n) is 2.97. The van der Waals surface area contributed by atoms with Gasteiger partial charge in [0.25, 0.3) is 0 Å². The zero-order chi connectivity index (χ0) is 24.7. The molecule has 4 rings (SSSR count). The molecule has 0 fully saturated rings. The van der Waals surface area contributed by atoms with Crippen LogP contribution >= 0.6 is 0 Å². The molecular weight excluding hydrogens is 463 g/mol. The summed E-state index contributed by atoms with van der Waals surface area (Å²) in [7, 11) is 1.57. The summed E-state index contributed by atoms with van der Waals surface area (Å²) in [5, 5.41) is 9.95. The smallest absolute Gasteiger partial charge is 0.417 e. The van der Waals surface area contributed by atoms with Crippen LogP contribution in [-0.2, 0) is 12.7 Å². The summed E-state index contributed by atoms with van der Waals surface area (Å²) in [6, 6.07) is 15.7. The second kappa shape index (κ2) is 10.5. The largest absolute Gasteiger partial charge is 0.497 e. The Hall–Kier alpha value is -4.61. The lowest BCUT2D eigenvalue weighted by molar-refractivity contribution is -0.137. The Labute approximate surface area is 198 Å². The molecule has 12 heteroatoms. The summed E-state index contributed by atoms with van der Waals surface area (Å²) in [5.41, 5.74) is 2.34. The molecule has 9 nitrogen and oxygen atoms in total. The number of nitrogens with zero attached hydrogens (tertiary/aromatic N) is 4. The number of hydrazone groups is 1. The molecule has 0 amide bonds. The van der Waals surface area contributed by atoms with E-state index in [0.29, 0.717) is 23.7 Å². The number of furan rings is 1. The minimum atomic E-state index is -4.51. The molecule has 2 heterocycles. The van der Waals surface area contributed by atoms with E-state index in [1.807, 2.05) is 0 Å². The van der Waals surface area contributed by atoms with Crippen LogP contribution in [0.2, 0.25) is 0 Å². The Morgan fingerprint density at radius 2 is 1.69 bits per heavy atom. The van der Waals surface area contributed by atoms with E-state index in [0.717, 1.165) is 12.3 Å². The van der Waals surface area contributed by atoms with Gasteiger partial charge < -0.3 is 19.8 Å². The third-order valence-electron chi connectivity index (χ3n) is 4.62. The molecule has 0 aliphatic heterocycles. The fourth-order valence-corrected chi connectivity index (χ4v) is 2.97. The van der Waals surface area contributed by atoms with Gasteiger partial charge in [0.05, 0.1) is 31.7 Å². The van der Waals surface area contributed by atoms with Gasteiger partial charge in [0.2, 0.25) is 17.8 Å². The number of anilines is 4. The number of halogens is 3. The van der Waals surface area contributed by atoms with Crippen LogP contribution in [0.1, 0.15) is 16.9 Å². The van der Waals surface area contributed by atoms with Gasteiger partial charge >= 0.3 is 6.18 Å². The highest BCUT2D eigenvalue weighted by atomic mass is 19.4. The van der Waals surface area contributed by atoms with Crippen molar-refractivity contribution >= 4 is 29.7 Å². The average Bonchev–Trinajstić information content (AvgIpc) is 3.37. The molecule has 0 unspecified atom stereocenters. The van der Waals surface area contributed by atoms with Crippen molar-refractivity contribution in [3.63, 3.8) is 0 Å². The van der Waals surface area contributed by atoms with Crippen LogP contribution in [0.3, 0.4) is 0 Å². The molecule has 0 aliphatic rings. The maximum Gasteiger partial charge on any atom is 0.417 e. The van der Waals surface area contributed by atoms with E-state index in [-0.39, 0.29) is 23.4 Å². The number of rotatable bonds is 9. The van der Waals surface area contributed by atoms with E-state index in [1.165, 1.54) is 18.2 Å². The quantitative estimate of drug-likeness (QED) is 0.218. The summed E-state index contributed by atoms with van der Waals surface area (Å²) < 4.78 is 50.1. The van der Waals surface area contributed by atoms with Crippen LogP contribution in [0.4, 0.5) is 36.7 Å². The number of alkyl halides is 3. The minimum absolute atomic E-state index is 0.0127. The Morgan fingerprint density at radius 1 is 0.943 bits per heavy atom. The molecule has 2 aromatic heterocycles. The summed E-state index contributed by atoms with van der Waals surface area (Å²) >= 11 is 0. The molecule has 0 bridgehead atoms. The molecule has 0 saturated carbocycles. The Kier molecular flexibility index (Phi) is 7.10. The maximum absolute atomic E-state index is 13.2. The van der Waals surface area contributed by atoms with Crippen LogP contribution in [-0.4, -0.2) is 28.3 Å². The molecule has 180 valence electrons. The van der Waals surface area contributed by atoms with Gasteiger partial charge in [-0.1, -0.05) is 18.2 Å². The van der Waals surface area contributed by atoms with Gasteiger partial charge in [0.15, 0.2) is 0 Å². The van der Waals surface area contributed by atoms with Gasteiger partial charge in [-0.25, -0.2) is 5.43 Å². The van der Waals surface area contributed by atoms with E-state index in [2.05, 4.69) is 36.1 Å². The molecule has 4 aromatic rings. The summed E-state index contributed by atoms with van der Waals surface area (Å²) in [5.74, 6) is 1.73. The lowest BCUT2D eigenvalue weighted by atomic mass is 10.1. The number of ether oxygens (including phenoxy) is 1. The first kappa shape index (κ1) is 23.5. The van der Waals surface area contributed by atoms with Crippen molar-refractivity contribution in [1.29, 1.82) is 0 Å². The standard InChI is InChI=1S/C23H20F3N7O2/c1-34-17-10-8-16(9-11-17)29-21-30-20(27-14-18-6-4-12-35-18)31-22(32-21)33-28-13-15-5-2-3-7-19(15)23(24,25)26/h2-13H,14H2,1H3,(H3,27,29,30,31,32,33)/b28-13+. The van der Waals surface area contributed by atoms with Gasteiger partial charge in [-0.05, 0) is 42.5 Å². The molecular formula is C23H20F3N7O2. The Balaban J connectivity index is 1.55. The Morgan fingerprint density at radius 3 is 2.40 bits per heavy atom. The van der Waals surface area contributed by atoms with Gasteiger partial charge in [-0.15, -0.1) is 0 Å². The predicted octanol–water partition coefficient (Wildman–Crippen LogP) is 5.29. The van der Waals surface area contributed by atoms with Crippen molar-refractivity contribution < 1.29 is 22.3 Å². The van der Waals surface area contributed by atoms with Crippen LogP contribution in [0.5, 0.6) is 5.75 Å². The van der Waals surface area contributed by atoms with Crippen LogP contribution < -0.4 is 20.8 Å². The second-order valence-electron chi connectivity index (χ2n) is 7.05. The summed E-state index contributed by atoms with van der Waals surface area (Å²) in [6.45, 7) is 0.306. The second-order valence-corrected chi connectivity index (χ2v) is 7.05. The highest BCUT2D eigenvalue weighted by Crippen LogP contribution is 2.31. The zero-order valence-electron chi connectivity index (χ0n) is 18.4. The number of hydrogen-bond acceptors (Lipinski definition) is 9. The molecule has 3 N–H and O–H groups in total. The highest BCUT2D eigenvalue weighted by molar-refractivity contribution is 5.82. The van der Waals surface area contributed by atoms with Gasteiger partial charge in [0, 0.05) is 11.3 Å². The topological polar surface area (TPSA) is 109 Å². The SMILES string of the molecule is COc1ccc(Nc2nc(NCc3ccco3)nc(N/N=C/c3ccccc3C(F)(F)F)n2)cc1. The van der Waals surface area contributed by atoms with Crippen LogP contribution in [0.15, 0.2) is 76.4 Å². The van der Waals surface area contributed by atoms with Crippen molar-refractivity contribution in [3.05, 3.63) is 83.8 Å². The molecule has 0 atom stereocenters. The average molecular weight is 483 g/mol. The van der Waals surface area contributed by atoms with Gasteiger partial charge in [-0.2, -0.15) is 33.2 Å². The first-order valence-corrected chi connectivity index (χ1v) is 10.3. The molecule has 2 aromatic carbocycles. The van der Waals surface area contributed by atoms with E-state index < -0.39 is 11.7 Å². The van der Waals surface area contributed by atoms with E-state index in [1.54, 1.807) is 49.8 Å². The van der Waals surface area contributed by atoms with E-state index >= 15 is 0 Å². The van der Waals surface area contributed by atoms with Gasteiger partial charge in [0.1, 0.15) is 11.5 Å². The van der Waals surface area contributed by atoms with Crippen LogP contribution in [0.25, 0.3) is 0 Å². The minimum Gasteiger partial charge on any atom is -0.497 e. The summed E-state index contributed by atoms with van der Waals surface area (Å²) in [4.78, 5) is 12.8. The lowest BCUT2D eigenvalue weighted by Gasteiger charge is -2.10. The van der Waals surface area contributed by atoms with E-state index in [9.17, 15) is 13.2 Å². The molecule has 35 heavy (non-hydrogen) atoms. The van der Waals surface area contributed by atoms with Crippen molar-refractivity contribution in [3.8, 4) is 5.75 Å². The first-order chi connectivity index (χ1) is 16.9. The highest BCUT2D eigenvalue weighted by Gasteiger charge is 2.32. The van der Waals surface area contributed by atoms with Gasteiger partial charge in [-0.3, -0.25) is 0 Å². The third-order valence-corrected chi connectivity index (χ3v) is 4.62. The number of methoxy groups -OCH3 is 1. The van der Waals surface area contributed by atoms with Crippen molar-refractivity contribution in [1.82, 2.24) is 15.0 Å². The molecule has 0 aliphatic carbocycles.